The Hall–Kier alpha value is -3.47. The zero-order valence-electron chi connectivity index (χ0n) is 12.7. The van der Waals surface area contributed by atoms with Crippen molar-refractivity contribution in [1.29, 1.82) is 0 Å². The standard InChI is InChI=1S/C19H14N4O/c24-19(13-6-2-1-3-7-13)21-15-9-4-8-14(12-15)17-22-16-10-5-11-20-18(16)23-17/h1-12H,(H,21,24)(H,20,22,23). The summed E-state index contributed by atoms with van der Waals surface area (Å²) in [5.41, 5.74) is 3.78. The van der Waals surface area contributed by atoms with Gasteiger partial charge in [-0.05, 0) is 36.4 Å². The maximum atomic E-state index is 12.3. The zero-order chi connectivity index (χ0) is 16.4. The second-order valence-corrected chi connectivity index (χ2v) is 5.36. The SMILES string of the molecule is O=C(Nc1cccc(-c2nc3ncccc3[nH]2)c1)c1ccccc1. The number of imidazole rings is 1. The number of H-pyrrole nitrogens is 1. The van der Waals surface area contributed by atoms with E-state index in [9.17, 15) is 4.79 Å². The molecule has 0 radical (unpaired) electrons. The second-order valence-electron chi connectivity index (χ2n) is 5.36. The fourth-order valence-corrected chi connectivity index (χ4v) is 2.52. The maximum Gasteiger partial charge on any atom is 0.255 e. The Morgan fingerprint density at radius 1 is 0.958 bits per heavy atom. The van der Waals surface area contributed by atoms with E-state index in [4.69, 9.17) is 0 Å². The first-order chi connectivity index (χ1) is 11.8. The smallest absolute Gasteiger partial charge is 0.255 e. The average molecular weight is 314 g/mol. The molecule has 0 fully saturated rings. The Labute approximate surface area is 138 Å². The minimum Gasteiger partial charge on any atom is -0.337 e. The highest BCUT2D eigenvalue weighted by Crippen LogP contribution is 2.22. The molecule has 2 N–H and O–H groups in total. The molecule has 0 atom stereocenters. The van der Waals surface area contributed by atoms with Crippen LogP contribution in [0.4, 0.5) is 5.69 Å². The summed E-state index contributed by atoms with van der Waals surface area (Å²) >= 11 is 0. The molecule has 2 aromatic carbocycles. The first-order valence-corrected chi connectivity index (χ1v) is 7.57. The molecule has 0 aliphatic heterocycles. The number of nitrogens with zero attached hydrogens (tertiary/aromatic N) is 2. The quantitative estimate of drug-likeness (QED) is 0.603. The molecule has 116 valence electrons. The summed E-state index contributed by atoms with van der Waals surface area (Å²) in [7, 11) is 0. The van der Waals surface area contributed by atoms with Gasteiger partial charge in [-0.2, -0.15) is 0 Å². The van der Waals surface area contributed by atoms with Crippen LogP contribution in [0.15, 0.2) is 72.9 Å². The van der Waals surface area contributed by atoms with Crippen molar-refractivity contribution in [2.45, 2.75) is 0 Å². The van der Waals surface area contributed by atoms with Crippen LogP contribution in [0.25, 0.3) is 22.6 Å². The molecule has 0 spiro atoms. The third-order valence-corrected chi connectivity index (χ3v) is 3.69. The predicted molar refractivity (Wildman–Crippen MR) is 93.7 cm³/mol. The van der Waals surface area contributed by atoms with E-state index in [2.05, 4.69) is 20.3 Å². The van der Waals surface area contributed by atoms with Crippen molar-refractivity contribution < 1.29 is 4.79 Å². The molecular formula is C19H14N4O. The minimum absolute atomic E-state index is 0.140. The lowest BCUT2D eigenvalue weighted by molar-refractivity contribution is 0.102. The Morgan fingerprint density at radius 3 is 2.67 bits per heavy atom. The lowest BCUT2D eigenvalue weighted by atomic mass is 10.1. The van der Waals surface area contributed by atoms with E-state index < -0.39 is 0 Å². The summed E-state index contributed by atoms with van der Waals surface area (Å²) in [6, 6.07) is 20.5. The number of benzene rings is 2. The van der Waals surface area contributed by atoms with Gasteiger partial charge >= 0.3 is 0 Å². The number of aromatic amines is 1. The molecule has 4 rings (SSSR count). The van der Waals surface area contributed by atoms with E-state index >= 15 is 0 Å². The van der Waals surface area contributed by atoms with Crippen molar-refractivity contribution in [3.63, 3.8) is 0 Å². The molecule has 0 unspecified atom stereocenters. The third kappa shape index (κ3) is 2.75. The Bertz CT molecular complexity index is 975. The van der Waals surface area contributed by atoms with E-state index in [1.807, 2.05) is 54.6 Å². The van der Waals surface area contributed by atoms with Crippen molar-refractivity contribution >= 4 is 22.8 Å². The largest absolute Gasteiger partial charge is 0.337 e. The van der Waals surface area contributed by atoms with Crippen LogP contribution in [0.5, 0.6) is 0 Å². The average Bonchev–Trinajstić information content (AvgIpc) is 3.07. The fraction of sp³-hybridized carbons (Fsp3) is 0. The molecule has 24 heavy (non-hydrogen) atoms. The van der Waals surface area contributed by atoms with Crippen LogP contribution in [0, 0.1) is 0 Å². The molecule has 0 saturated heterocycles. The van der Waals surface area contributed by atoms with Gasteiger partial charge in [0.2, 0.25) is 0 Å². The van der Waals surface area contributed by atoms with E-state index in [0.29, 0.717) is 11.2 Å². The van der Waals surface area contributed by atoms with Crippen molar-refractivity contribution in [1.82, 2.24) is 15.0 Å². The number of pyridine rings is 1. The van der Waals surface area contributed by atoms with Crippen molar-refractivity contribution in [3.8, 4) is 11.4 Å². The molecule has 0 aliphatic carbocycles. The summed E-state index contributed by atoms with van der Waals surface area (Å²) < 4.78 is 0. The normalized spacial score (nSPS) is 10.7. The van der Waals surface area contributed by atoms with Crippen LogP contribution in [-0.4, -0.2) is 20.9 Å². The van der Waals surface area contributed by atoms with Crippen LogP contribution >= 0.6 is 0 Å². The topological polar surface area (TPSA) is 70.7 Å². The van der Waals surface area contributed by atoms with Gasteiger partial charge in [-0.3, -0.25) is 4.79 Å². The molecular weight excluding hydrogens is 300 g/mol. The minimum atomic E-state index is -0.140. The summed E-state index contributed by atoms with van der Waals surface area (Å²) in [5, 5.41) is 2.91. The number of rotatable bonds is 3. The maximum absolute atomic E-state index is 12.3. The van der Waals surface area contributed by atoms with Gasteiger partial charge in [0.1, 0.15) is 5.82 Å². The molecule has 2 heterocycles. The van der Waals surface area contributed by atoms with Gasteiger partial charge in [0, 0.05) is 23.0 Å². The molecule has 2 aromatic heterocycles. The van der Waals surface area contributed by atoms with Gasteiger partial charge < -0.3 is 10.3 Å². The first kappa shape index (κ1) is 14.1. The van der Waals surface area contributed by atoms with Crippen molar-refractivity contribution in [2.75, 3.05) is 5.32 Å². The number of amides is 1. The van der Waals surface area contributed by atoms with Crippen LogP contribution in [-0.2, 0) is 0 Å². The first-order valence-electron chi connectivity index (χ1n) is 7.57. The molecule has 1 amide bonds. The van der Waals surface area contributed by atoms with Crippen LogP contribution < -0.4 is 5.32 Å². The summed E-state index contributed by atoms with van der Waals surface area (Å²) in [4.78, 5) is 24.2. The molecule has 5 heteroatoms. The van der Waals surface area contributed by atoms with Crippen LogP contribution in [0.1, 0.15) is 10.4 Å². The Kier molecular flexibility index (Phi) is 3.51. The van der Waals surface area contributed by atoms with Gasteiger partial charge in [-0.1, -0.05) is 30.3 Å². The monoisotopic (exact) mass is 314 g/mol. The number of hydrogen-bond acceptors (Lipinski definition) is 3. The number of carbonyl (C=O) groups excluding carboxylic acids is 1. The highest BCUT2D eigenvalue weighted by molar-refractivity contribution is 6.04. The van der Waals surface area contributed by atoms with Crippen molar-refractivity contribution in [3.05, 3.63) is 78.5 Å². The second kappa shape index (κ2) is 5.96. The van der Waals surface area contributed by atoms with E-state index in [0.717, 1.165) is 22.6 Å². The lowest BCUT2D eigenvalue weighted by Crippen LogP contribution is -2.11. The number of nitrogens with one attached hydrogen (secondary N) is 2. The zero-order valence-corrected chi connectivity index (χ0v) is 12.7. The summed E-state index contributed by atoms with van der Waals surface area (Å²) in [6.07, 6.45) is 1.71. The molecule has 0 saturated carbocycles. The molecule has 5 nitrogen and oxygen atoms in total. The molecule has 4 aromatic rings. The highest BCUT2D eigenvalue weighted by Gasteiger charge is 2.09. The van der Waals surface area contributed by atoms with Crippen LogP contribution in [0.3, 0.4) is 0 Å². The Balaban J connectivity index is 1.63. The third-order valence-electron chi connectivity index (χ3n) is 3.69. The lowest BCUT2D eigenvalue weighted by Gasteiger charge is -2.06. The van der Waals surface area contributed by atoms with Gasteiger partial charge in [-0.25, -0.2) is 9.97 Å². The number of carbonyl (C=O) groups is 1. The summed E-state index contributed by atoms with van der Waals surface area (Å²) in [6.45, 7) is 0. The summed E-state index contributed by atoms with van der Waals surface area (Å²) in [5.74, 6) is 0.582. The van der Waals surface area contributed by atoms with Crippen molar-refractivity contribution in [2.24, 2.45) is 0 Å². The van der Waals surface area contributed by atoms with Gasteiger partial charge in [0.05, 0.1) is 5.52 Å². The Morgan fingerprint density at radius 2 is 1.83 bits per heavy atom. The van der Waals surface area contributed by atoms with Gasteiger partial charge in [0.15, 0.2) is 5.65 Å². The number of anilines is 1. The molecule has 0 bridgehead atoms. The number of hydrogen-bond donors (Lipinski definition) is 2. The predicted octanol–water partition coefficient (Wildman–Crippen LogP) is 3.88. The highest BCUT2D eigenvalue weighted by atomic mass is 16.1. The van der Waals surface area contributed by atoms with Gasteiger partial charge in [0.25, 0.3) is 5.91 Å². The van der Waals surface area contributed by atoms with Crippen LogP contribution in [0.2, 0.25) is 0 Å². The van der Waals surface area contributed by atoms with E-state index in [1.54, 1.807) is 18.3 Å². The molecule has 0 aliphatic rings. The number of aromatic nitrogens is 3. The van der Waals surface area contributed by atoms with Gasteiger partial charge in [-0.15, -0.1) is 0 Å². The number of fused-ring (bicyclic) bond motifs is 1. The van der Waals surface area contributed by atoms with E-state index in [1.165, 1.54) is 0 Å². The van der Waals surface area contributed by atoms with E-state index in [-0.39, 0.29) is 5.91 Å². The fourth-order valence-electron chi connectivity index (χ4n) is 2.52.